The van der Waals surface area contributed by atoms with E-state index in [4.69, 9.17) is 5.11 Å². The summed E-state index contributed by atoms with van der Waals surface area (Å²) in [5.41, 5.74) is 0. The average molecular weight is 199 g/mol. The highest BCUT2D eigenvalue weighted by Gasteiger charge is 2.37. The molecule has 2 N–H and O–H groups in total. The minimum atomic E-state index is -0.834. The first-order chi connectivity index (χ1) is 6.65. The third-order valence-electron chi connectivity index (χ3n) is 2.49. The van der Waals surface area contributed by atoms with E-state index in [1.165, 1.54) is 0 Å². The van der Waals surface area contributed by atoms with E-state index in [2.05, 4.69) is 5.32 Å². The first kappa shape index (κ1) is 11.0. The van der Waals surface area contributed by atoms with Gasteiger partial charge in [-0.25, -0.2) is 0 Å². The fourth-order valence-electron chi connectivity index (χ4n) is 1.49. The van der Waals surface area contributed by atoms with E-state index in [0.29, 0.717) is 6.54 Å². The van der Waals surface area contributed by atoms with E-state index in [9.17, 15) is 9.59 Å². The molecule has 0 radical (unpaired) electrons. The van der Waals surface area contributed by atoms with Gasteiger partial charge >= 0.3 is 5.97 Å². The molecule has 0 aromatic heterocycles. The Morgan fingerprint density at radius 3 is 2.57 bits per heavy atom. The van der Waals surface area contributed by atoms with Crippen LogP contribution < -0.4 is 5.32 Å². The van der Waals surface area contributed by atoms with Crippen molar-refractivity contribution in [2.24, 2.45) is 11.8 Å². The molecule has 0 heterocycles. The molecule has 0 spiro atoms. The molecule has 4 nitrogen and oxygen atoms in total. The van der Waals surface area contributed by atoms with Gasteiger partial charge in [-0.05, 0) is 25.2 Å². The van der Waals surface area contributed by atoms with Crippen LogP contribution in [0.2, 0.25) is 0 Å². The summed E-state index contributed by atoms with van der Waals surface area (Å²) < 4.78 is 0. The van der Waals surface area contributed by atoms with E-state index in [-0.39, 0.29) is 18.2 Å². The van der Waals surface area contributed by atoms with Crippen LogP contribution >= 0.6 is 0 Å². The van der Waals surface area contributed by atoms with Gasteiger partial charge in [0.2, 0.25) is 5.91 Å². The molecule has 1 unspecified atom stereocenters. The van der Waals surface area contributed by atoms with Gasteiger partial charge in [-0.2, -0.15) is 0 Å². The van der Waals surface area contributed by atoms with Crippen molar-refractivity contribution in [3.05, 3.63) is 0 Å². The lowest BCUT2D eigenvalue weighted by Crippen LogP contribution is -2.29. The molecule has 1 aliphatic rings. The van der Waals surface area contributed by atoms with Crippen LogP contribution in [0.3, 0.4) is 0 Å². The summed E-state index contributed by atoms with van der Waals surface area (Å²) in [4.78, 5) is 22.1. The summed E-state index contributed by atoms with van der Waals surface area (Å²) in [6.07, 6.45) is 2.93. The molecule has 0 saturated heterocycles. The normalized spacial score (nSPS) is 17.5. The van der Waals surface area contributed by atoms with Crippen molar-refractivity contribution in [1.29, 1.82) is 0 Å². The molecule has 0 aliphatic heterocycles. The van der Waals surface area contributed by atoms with Crippen molar-refractivity contribution >= 4 is 11.9 Å². The topological polar surface area (TPSA) is 66.4 Å². The smallest absolute Gasteiger partial charge is 0.307 e. The summed E-state index contributed by atoms with van der Waals surface area (Å²) in [7, 11) is 0. The van der Waals surface area contributed by atoms with Gasteiger partial charge in [-0.1, -0.05) is 6.92 Å². The summed E-state index contributed by atoms with van der Waals surface area (Å²) in [5, 5.41) is 11.6. The predicted molar refractivity (Wildman–Crippen MR) is 51.8 cm³/mol. The fraction of sp³-hybridized carbons (Fsp3) is 0.800. The molecule has 1 amide bonds. The second kappa shape index (κ2) is 4.98. The van der Waals surface area contributed by atoms with Gasteiger partial charge in [-0.15, -0.1) is 0 Å². The Labute approximate surface area is 83.7 Å². The maximum atomic E-state index is 11.3. The summed E-state index contributed by atoms with van der Waals surface area (Å²) >= 11 is 0. The van der Waals surface area contributed by atoms with Crippen molar-refractivity contribution in [3.63, 3.8) is 0 Å². The van der Waals surface area contributed by atoms with E-state index in [1.54, 1.807) is 0 Å². The van der Waals surface area contributed by atoms with Crippen LogP contribution in [-0.2, 0) is 9.59 Å². The standard InChI is InChI=1S/C10H17NO3/c1-2-5-11-9(12)6-8(10(13)14)7-3-4-7/h7-8H,2-6H2,1H3,(H,11,12)(H,13,14). The van der Waals surface area contributed by atoms with Crippen LogP contribution in [0.25, 0.3) is 0 Å². The minimum Gasteiger partial charge on any atom is -0.481 e. The number of rotatable bonds is 6. The molecule has 0 aromatic carbocycles. The Morgan fingerprint density at radius 1 is 1.50 bits per heavy atom. The highest BCUT2D eigenvalue weighted by molar-refractivity contribution is 5.82. The molecule has 0 aromatic rings. The number of hydrogen-bond donors (Lipinski definition) is 2. The highest BCUT2D eigenvalue weighted by Crippen LogP contribution is 2.38. The molecule has 1 rings (SSSR count). The molecular formula is C10H17NO3. The lowest BCUT2D eigenvalue weighted by Gasteiger charge is -2.10. The first-order valence-corrected chi connectivity index (χ1v) is 5.14. The molecule has 1 saturated carbocycles. The molecule has 4 heteroatoms. The molecule has 1 aliphatic carbocycles. The second-order valence-corrected chi connectivity index (χ2v) is 3.84. The monoisotopic (exact) mass is 199 g/mol. The Hall–Kier alpha value is -1.06. The molecule has 0 bridgehead atoms. The van der Waals surface area contributed by atoms with Crippen molar-refractivity contribution in [1.82, 2.24) is 5.32 Å². The third kappa shape index (κ3) is 3.36. The van der Waals surface area contributed by atoms with Crippen molar-refractivity contribution in [2.45, 2.75) is 32.6 Å². The Bertz CT molecular complexity index is 223. The number of carbonyl (C=O) groups excluding carboxylic acids is 1. The number of carboxylic acids is 1. The number of amides is 1. The molecule has 14 heavy (non-hydrogen) atoms. The largest absolute Gasteiger partial charge is 0.481 e. The molecule has 80 valence electrons. The van der Waals surface area contributed by atoms with Crippen LogP contribution in [0.15, 0.2) is 0 Å². The second-order valence-electron chi connectivity index (χ2n) is 3.84. The first-order valence-electron chi connectivity index (χ1n) is 5.14. The van der Waals surface area contributed by atoms with Crippen LogP contribution in [0.4, 0.5) is 0 Å². The zero-order chi connectivity index (χ0) is 10.6. The zero-order valence-electron chi connectivity index (χ0n) is 8.45. The van der Waals surface area contributed by atoms with Gasteiger partial charge in [0.05, 0.1) is 5.92 Å². The van der Waals surface area contributed by atoms with Gasteiger partial charge in [0.25, 0.3) is 0 Å². The number of nitrogens with one attached hydrogen (secondary N) is 1. The molecular weight excluding hydrogens is 182 g/mol. The van der Waals surface area contributed by atoms with Crippen LogP contribution in [0.1, 0.15) is 32.6 Å². The number of carboxylic acid groups (broad SMARTS) is 1. The van der Waals surface area contributed by atoms with Gasteiger partial charge in [0.15, 0.2) is 0 Å². The van der Waals surface area contributed by atoms with Gasteiger partial charge in [-0.3, -0.25) is 9.59 Å². The number of aliphatic carboxylic acids is 1. The highest BCUT2D eigenvalue weighted by atomic mass is 16.4. The van der Waals surface area contributed by atoms with Crippen molar-refractivity contribution < 1.29 is 14.7 Å². The third-order valence-corrected chi connectivity index (χ3v) is 2.49. The van der Waals surface area contributed by atoms with Crippen LogP contribution in [-0.4, -0.2) is 23.5 Å². The lowest BCUT2D eigenvalue weighted by molar-refractivity contribution is -0.144. The maximum Gasteiger partial charge on any atom is 0.307 e. The van der Waals surface area contributed by atoms with E-state index in [0.717, 1.165) is 19.3 Å². The Kier molecular flexibility index (Phi) is 3.92. The molecule has 1 atom stereocenters. The maximum absolute atomic E-state index is 11.3. The Balaban J connectivity index is 2.31. The lowest BCUT2D eigenvalue weighted by atomic mass is 10.00. The van der Waals surface area contributed by atoms with Crippen LogP contribution in [0, 0.1) is 11.8 Å². The van der Waals surface area contributed by atoms with E-state index < -0.39 is 11.9 Å². The van der Waals surface area contributed by atoms with Gasteiger partial charge in [0.1, 0.15) is 0 Å². The SMILES string of the molecule is CCCNC(=O)CC(C(=O)O)C1CC1. The minimum absolute atomic E-state index is 0.133. The van der Waals surface area contributed by atoms with Crippen molar-refractivity contribution in [2.75, 3.05) is 6.54 Å². The fourth-order valence-corrected chi connectivity index (χ4v) is 1.49. The number of carbonyl (C=O) groups is 2. The van der Waals surface area contributed by atoms with E-state index >= 15 is 0 Å². The number of hydrogen-bond acceptors (Lipinski definition) is 2. The zero-order valence-corrected chi connectivity index (χ0v) is 8.45. The summed E-state index contributed by atoms with van der Waals surface area (Å²) in [6, 6.07) is 0. The molecule has 1 fully saturated rings. The van der Waals surface area contributed by atoms with E-state index in [1.807, 2.05) is 6.92 Å². The quantitative estimate of drug-likeness (QED) is 0.671. The average Bonchev–Trinajstić information content (AvgIpc) is 2.93. The summed E-state index contributed by atoms with van der Waals surface area (Å²) in [5.74, 6) is -1.20. The van der Waals surface area contributed by atoms with Crippen molar-refractivity contribution in [3.8, 4) is 0 Å². The summed E-state index contributed by atoms with van der Waals surface area (Å²) in [6.45, 7) is 2.60. The van der Waals surface area contributed by atoms with Gasteiger partial charge in [0, 0.05) is 13.0 Å². The predicted octanol–water partition coefficient (Wildman–Crippen LogP) is 1.01. The Morgan fingerprint density at radius 2 is 2.14 bits per heavy atom. The van der Waals surface area contributed by atoms with Gasteiger partial charge < -0.3 is 10.4 Å². The van der Waals surface area contributed by atoms with Crippen LogP contribution in [0.5, 0.6) is 0 Å².